The third-order valence-corrected chi connectivity index (χ3v) is 4.77. The van der Waals surface area contributed by atoms with Crippen molar-refractivity contribution in [3.63, 3.8) is 0 Å². The summed E-state index contributed by atoms with van der Waals surface area (Å²) >= 11 is 0. The molecule has 0 radical (unpaired) electrons. The molecular weight excluding hydrogens is 389 g/mol. The van der Waals surface area contributed by atoms with Crippen LogP contribution in [0.4, 0.5) is 19.0 Å². The van der Waals surface area contributed by atoms with Gasteiger partial charge in [0.1, 0.15) is 11.4 Å². The number of carbonyl (C=O) groups excluding carboxylic acids is 1. The molecule has 1 amide bonds. The number of fused-ring (bicyclic) bond motifs is 2. The van der Waals surface area contributed by atoms with Crippen molar-refractivity contribution in [3.8, 4) is 11.5 Å². The summed E-state index contributed by atoms with van der Waals surface area (Å²) < 4.78 is 52.8. The van der Waals surface area contributed by atoms with Crippen molar-refractivity contribution in [1.29, 1.82) is 0 Å². The third kappa shape index (κ3) is 3.70. The molecule has 4 rings (SSSR count). The highest BCUT2D eigenvalue weighted by Crippen LogP contribution is 2.45. The molecule has 0 unspecified atom stereocenters. The molecule has 1 aromatic carbocycles. The number of aromatic nitrogens is 2. The number of rotatable bonds is 2. The number of anilines is 1. The minimum absolute atomic E-state index is 0.0444. The molecule has 0 saturated heterocycles. The Hall–Kier alpha value is -2.91. The Balaban J connectivity index is 1.72. The largest absolute Gasteiger partial charge is 0.454 e. The van der Waals surface area contributed by atoms with Gasteiger partial charge in [0.25, 0.3) is 5.91 Å². The standard InChI is InChI=1S/C19H21F3N4O3/c1-18(2,3)25-17(27)11-8-23-26-15(19(20,21)22)7-12(24-16(11)26)10-4-5-13-14(6-10)29-9-28-13/h4-6,8,12,15,24H,7,9H2,1-3H3,(H,25,27)/t12-,15+/m0/s1. The number of ether oxygens (including phenoxy) is 2. The second kappa shape index (κ2) is 6.57. The highest BCUT2D eigenvalue weighted by Gasteiger charge is 2.47. The van der Waals surface area contributed by atoms with E-state index in [1.54, 1.807) is 39.0 Å². The molecule has 156 valence electrons. The maximum Gasteiger partial charge on any atom is 0.410 e. The van der Waals surface area contributed by atoms with E-state index in [1.165, 1.54) is 6.20 Å². The molecule has 2 aliphatic rings. The maximum absolute atomic E-state index is 13.8. The van der Waals surface area contributed by atoms with Gasteiger partial charge in [-0.1, -0.05) is 6.07 Å². The first-order valence-corrected chi connectivity index (χ1v) is 9.16. The molecule has 29 heavy (non-hydrogen) atoms. The summed E-state index contributed by atoms with van der Waals surface area (Å²) in [5, 5.41) is 9.70. The molecule has 0 spiro atoms. The summed E-state index contributed by atoms with van der Waals surface area (Å²) in [6.45, 7) is 5.46. The van der Waals surface area contributed by atoms with Crippen LogP contribution in [0.2, 0.25) is 0 Å². The first-order valence-electron chi connectivity index (χ1n) is 9.16. The maximum atomic E-state index is 13.8. The molecule has 0 fully saturated rings. The van der Waals surface area contributed by atoms with E-state index in [0.717, 1.165) is 4.68 Å². The van der Waals surface area contributed by atoms with Crippen LogP contribution in [0.5, 0.6) is 11.5 Å². The van der Waals surface area contributed by atoms with Crippen LogP contribution in [-0.2, 0) is 0 Å². The highest BCUT2D eigenvalue weighted by molar-refractivity contribution is 5.99. The number of carbonyl (C=O) groups is 1. The van der Waals surface area contributed by atoms with E-state index < -0.39 is 29.7 Å². The SMILES string of the molecule is CC(C)(C)NC(=O)c1cnn2c1N[C@H](c1ccc3c(c1)OCO3)C[C@@H]2C(F)(F)F. The van der Waals surface area contributed by atoms with E-state index in [4.69, 9.17) is 9.47 Å². The van der Waals surface area contributed by atoms with Gasteiger partial charge in [-0.05, 0) is 38.5 Å². The van der Waals surface area contributed by atoms with E-state index in [-0.39, 0.29) is 24.6 Å². The van der Waals surface area contributed by atoms with Crippen LogP contribution < -0.4 is 20.1 Å². The number of halogens is 3. The molecule has 3 heterocycles. The van der Waals surface area contributed by atoms with Crippen molar-refractivity contribution in [2.24, 2.45) is 0 Å². The summed E-state index contributed by atoms with van der Waals surface area (Å²) in [7, 11) is 0. The van der Waals surface area contributed by atoms with Crippen LogP contribution in [-0.4, -0.2) is 34.2 Å². The molecule has 1 aromatic heterocycles. The molecular formula is C19H21F3N4O3. The number of hydrogen-bond acceptors (Lipinski definition) is 5. The lowest BCUT2D eigenvalue weighted by Crippen LogP contribution is -2.41. The molecule has 10 heteroatoms. The fourth-order valence-electron chi connectivity index (χ4n) is 3.49. The minimum atomic E-state index is -4.52. The van der Waals surface area contributed by atoms with Crippen LogP contribution in [0.15, 0.2) is 24.4 Å². The van der Waals surface area contributed by atoms with Gasteiger partial charge in [-0.15, -0.1) is 0 Å². The zero-order valence-corrected chi connectivity index (χ0v) is 16.1. The summed E-state index contributed by atoms with van der Waals surface area (Å²) in [5.74, 6) is 0.589. The quantitative estimate of drug-likeness (QED) is 0.788. The first kappa shape index (κ1) is 19.4. The fraction of sp³-hybridized carbons (Fsp3) is 0.474. The predicted octanol–water partition coefficient (Wildman–Crippen LogP) is 3.80. The Morgan fingerprint density at radius 2 is 1.97 bits per heavy atom. The van der Waals surface area contributed by atoms with Crippen LogP contribution in [0.3, 0.4) is 0 Å². The van der Waals surface area contributed by atoms with Gasteiger partial charge in [0, 0.05) is 12.0 Å². The van der Waals surface area contributed by atoms with Crippen molar-refractivity contribution < 1.29 is 27.4 Å². The molecule has 0 aliphatic carbocycles. The summed E-state index contributed by atoms with van der Waals surface area (Å²) in [6, 6.07) is 2.49. The van der Waals surface area contributed by atoms with Crippen LogP contribution in [0.1, 0.15) is 55.2 Å². The predicted molar refractivity (Wildman–Crippen MR) is 98.1 cm³/mol. The van der Waals surface area contributed by atoms with Gasteiger partial charge < -0.3 is 20.1 Å². The van der Waals surface area contributed by atoms with E-state index in [9.17, 15) is 18.0 Å². The monoisotopic (exact) mass is 410 g/mol. The number of benzene rings is 1. The fourth-order valence-corrected chi connectivity index (χ4v) is 3.49. The molecule has 2 aromatic rings. The second-order valence-electron chi connectivity index (χ2n) is 8.16. The molecule has 2 N–H and O–H groups in total. The van der Waals surface area contributed by atoms with Crippen molar-refractivity contribution in [2.75, 3.05) is 12.1 Å². The highest BCUT2D eigenvalue weighted by atomic mass is 19.4. The van der Waals surface area contributed by atoms with E-state index in [0.29, 0.717) is 17.1 Å². The second-order valence-corrected chi connectivity index (χ2v) is 8.16. The van der Waals surface area contributed by atoms with Crippen LogP contribution in [0, 0.1) is 0 Å². The van der Waals surface area contributed by atoms with E-state index in [2.05, 4.69) is 15.7 Å². The van der Waals surface area contributed by atoms with Crippen molar-refractivity contribution in [1.82, 2.24) is 15.1 Å². The van der Waals surface area contributed by atoms with Crippen LogP contribution >= 0.6 is 0 Å². The van der Waals surface area contributed by atoms with E-state index in [1.807, 2.05) is 0 Å². The van der Waals surface area contributed by atoms with Gasteiger partial charge in [0.2, 0.25) is 6.79 Å². The number of hydrogen-bond donors (Lipinski definition) is 2. The van der Waals surface area contributed by atoms with Crippen molar-refractivity contribution >= 4 is 11.7 Å². The smallest absolute Gasteiger partial charge is 0.410 e. The third-order valence-electron chi connectivity index (χ3n) is 4.77. The zero-order valence-electron chi connectivity index (χ0n) is 16.1. The zero-order chi connectivity index (χ0) is 21.0. The Kier molecular flexibility index (Phi) is 4.39. The lowest BCUT2D eigenvalue weighted by Gasteiger charge is -2.34. The topological polar surface area (TPSA) is 77.4 Å². The Labute approximate surface area is 165 Å². The average molecular weight is 410 g/mol. The minimum Gasteiger partial charge on any atom is -0.454 e. The molecule has 2 atom stereocenters. The average Bonchev–Trinajstić information content (AvgIpc) is 3.24. The summed E-state index contributed by atoms with van der Waals surface area (Å²) in [6.07, 6.45) is -3.61. The van der Waals surface area contributed by atoms with Crippen molar-refractivity contribution in [2.45, 2.75) is 51.0 Å². The normalized spacial score (nSPS) is 20.8. The molecule has 7 nitrogen and oxygen atoms in total. The Bertz CT molecular complexity index is 949. The molecule has 0 saturated carbocycles. The molecule has 0 bridgehead atoms. The number of amides is 1. The lowest BCUT2D eigenvalue weighted by molar-refractivity contribution is -0.173. The lowest BCUT2D eigenvalue weighted by atomic mass is 9.96. The van der Waals surface area contributed by atoms with E-state index >= 15 is 0 Å². The Morgan fingerprint density at radius 3 is 2.66 bits per heavy atom. The summed E-state index contributed by atoms with van der Waals surface area (Å²) in [5.41, 5.74) is 0.138. The van der Waals surface area contributed by atoms with Gasteiger partial charge in [0.15, 0.2) is 17.5 Å². The van der Waals surface area contributed by atoms with Gasteiger partial charge >= 0.3 is 6.18 Å². The van der Waals surface area contributed by atoms with Gasteiger partial charge in [-0.3, -0.25) is 4.79 Å². The molecule has 2 aliphatic heterocycles. The number of nitrogens with zero attached hydrogens (tertiary/aromatic N) is 2. The summed E-state index contributed by atoms with van der Waals surface area (Å²) in [4.78, 5) is 12.6. The van der Waals surface area contributed by atoms with Gasteiger partial charge in [-0.25, -0.2) is 4.68 Å². The van der Waals surface area contributed by atoms with Crippen molar-refractivity contribution in [3.05, 3.63) is 35.5 Å². The number of nitrogens with one attached hydrogen (secondary N) is 2. The van der Waals surface area contributed by atoms with Gasteiger partial charge in [0.05, 0.1) is 12.2 Å². The Morgan fingerprint density at radius 1 is 1.24 bits per heavy atom. The first-order chi connectivity index (χ1) is 13.5. The van der Waals surface area contributed by atoms with Gasteiger partial charge in [-0.2, -0.15) is 18.3 Å². The number of alkyl halides is 3. The van der Waals surface area contributed by atoms with Crippen LogP contribution in [0.25, 0.3) is 0 Å².